The molecule has 0 aliphatic carbocycles. The van der Waals surface area contributed by atoms with Gasteiger partial charge in [0.15, 0.2) is 0 Å². The summed E-state index contributed by atoms with van der Waals surface area (Å²) in [5.74, 6) is -0.811. The van der Waals surface area contributed by atoms with Gasteiger partial charge in [-0.3, -0.25) is 4.79 Å². The molecule has 0 aromatic rings. The molecule has 1 atom stereocenters. The van der Waals surface area contributed by atoms with E-state index in [-0.39, 0.29) is 12.2 Å². The van der Waals surface area contributed by atoms with Gasteiger partial charge < -0.3 is 10.1 Å². The number of halogens is 3. The zero-order valence-electron chi connectivity index (χ0n) is 8.28. The van der Waals surface area contributed by atoms with Gasteiger partial charge in [-0.15, -0.1) is 0 Å². The van der Waals surface area contributed by atoms with E-state index in [4.69, 9.17) is 0 Å². The molecule has 0 aromatic carbocycles. The van der Waals surface area contributed by atoms with E-state index in [2.05, 4.69) is 11.3 Å². The van der Waals surface area contributed by atoms with Crippen LogP contribution in [-0.2, 0) is 9.53 Å². The van der Waals surface area contributed by atoms with Crippen LogP contribution in [-0.4, -0.2) is 24.4 Å². The standard InChI is InChI=1S/C9H12F3NO2/c1-6-4-3-5-15-8(2,9(10,11)12)13-7(6)14/h1,3-5H2,2H3,(H,13,14). The quantitative estimate of drug-likeness (QED) is 0.635. The van der Waals surface area contributed by atoms with Gasteiger partial charge in [-0.1, -0.05) is 6.58 Å². The Hall–Kier alpha value is -1.04. The van der Waals surface area contributed by atoms with Crippen molar-refractivity contribution in [3.05, 3.63) is 12.2 Å². The van der Waals surface area contributed by atoms with Crippen molar-refractivity contribution >= 4 is 5.91 Å². The molecule has 1 N–H and O–H groups in total. The van der Waals surface area contributed by atoms with E-state index >= 15 is 0 Å². The second-order valence-electron chi connectivity index (χ2n) is 3.54. The van der Waals surface area contributed by atoms with Gasteiger partial charge in [0.05, 0.1) is 6.61 Å². The molecular formula is C9H12F3NO2. The molecule has 0 radical (unpaired) electrons. The zero-order chi connectivity index (χ0) is 11.7. The molecule has 0 spiro atoms. The fourth-order valence-electron chi connectivity index (χ4n) is 1.17. The Morgan fingerprint density at radius 1 is 1.53 bits per heavy atom. The Kier molecular flexibility index (Phi) is 3.08. The number of nitrogens with one attached hydrogen (secondary N) is 1. The van der Waals surface area contributed by atoms with Crippen LogP contribution in [0.3, 0.4) is 0 Å². The third-order valence-electron chi connectivity index (χ3n) is 2.23. The smallest absolute Gasteiger partial charge is 0.348 e. The van der Waals surface area contributed by atoms with Crippen LogP contribution in [0.5, 0.6) is 0 Å². The topological polar surface area (TPSA) is 38.3 Å². The van der Waals surface area contributed by atoms with Gasteiger partial charge in [0.2, 0.25) is 11.6 Å². The molecule has 1 saturated heterocycles. The van der Waals surface area contributed by atoms with Crippen molar-refractivity contribution < 1.29 is 22.7 Å². The summed E-state index contributed by atoms with van der Waals surface area (Å²) in [5, 5.41) is 1.80. The van der Waals surface area contributed by atoms with Crippen molar-refractivity contribution in [3.63, 3.8) is 0 Å². The molecule has 1 heterocycles. The average molecular weight is 223 g/mol. The van der Waals surface area contributed by atoms with Crippen molar-refractivity contribution in [3.8, 4) is 0 Å². The number of hydrogen-bond acceptors (Lipinski definition) is 2. The van der Waals surface area contributed by atoms with Crippen LogP contribution in [0.1, 0.15) is 19.8 Å². The number of alkyl halides is 3. The van der Waals surface area contributed by atoms with E-state index in [1.54, 1.807) is 5.32 Å². The third-order valence-corrected chi connectivity index (χ3v) is 2.23. The Morgan fingerprint density at radius 3 is 2.67 bits per heavy atom. The molecule has 1 amide bonds. The maximum atomic E-state index is 12.6. The SMILES string of the molecule is C=C1CCCOC(C)(C(F)(F)F)NC1=O. The first-order valence-corrected chi connectivity index (χ1v) is 4.47. The van der Waals surface area contributed by atoms with Crippen LogP contribution >= 0.6 is 0 Å². The molecule has 6 heteroatoms. The number of hydrogen-bond donors (Lipinski definition) is 1. The van der Waals surface area contributed by atoms with Crippen LogP contribution < -0.4 is 5.32 Å². The van der Waals surface area contributed by atoms with Gasteiger partial charge in [-0.2, -0.15) is 13.2 Å². The summed E-state index contributed by atoms with van der Waals surface area (Å²) in [6.45, 7) is 4.14. The second-order valence-corrected chi connectivity index (χ2v) is 3.54. The summed E-state index contributed by atoms with van der Waals surface area (Å²) in [6.07, 6.45) is -3.93. The van der Waals surface area contributed by atoms with E-state index in [9.17, 15) is 18.0 Å². The summed E-state index contributed by atoms with van der Waals surface area (Å²) in [5.41, 5.74) is -2.47. The minimum atomic E-state index is -4.64. The highest BCUT2D eigenvalue weighted by Gasteiger charge is 2.54. The zero-order valence-corrected chi connectivity index (χ0v) is 8.28. The van der Waals surface area contributed by atoms with E-state index in [0.29, 0.717) is 12.8 Å². The molecule has 3 nitrogen and oxygen atoms in total. The van der Waals surface area contributed by atoms with E-state index in [1.165, 1.54) is 0 Å². The van der Waals surface area contributed by atoms with Crippen LogP contribution in [0.4, 0.5) is 13.2 Å². The molecule has 1 aliphatic heterocycles. The number of carbonyl (C=O) groups excluding carboxylic acids is 1. The van der Waals surface area contributed by atoms with Crippen LogP contribution in [0.25, 0.3) is 0 Å². The van der Waals surface area contributed by atoms with E-state index in [1.807, 2.05) is 0 Å². The van der Waals surface area contributed by atoms with Gasteiger partial charge in [0.1, 0.15) is 0 Å². The van der Waals surface area contributed by atoms with Gasteiger partial charge >= 0.3 is 6.18 Å². The number of ether oxygens (including phenoxy) is 1. The first kappa shape index (κ1) is 12.0. The number of carbonyl (C=O) groups is 1. The lowest BCUT2D eigenvalue weighted by molar-refractivity contribution is -0.281. The first-order chi connectivity index (χ1) is 6.76. The molecule has 15 heavy (non-hydrogen) atoms. The molecule has 1 unspecified atom stereocenters. The molecule has 0 bridgehead atoms. The summed E-state index contributed by atoms with van der Waals surface area (Å²) in [7, 11) is 0. The number of rotatable bonds is 0. The van der Waals surface area contributed by atoms with Gasteiger partial charge in [0, 0.05) is 5.57 Å². The Balaban J connectivity index is 2.89. The molecule has 0 saturated carbocycles. The van der Waals surface area contributed by atoms with Crippen molar-refractivity contribution in [2.75, 3.05) is 6.61 Å². The Morgan fingerprint density at radius 2 is 2.13 bits per heavy atom. The average Bonchev–Trinajstić information content (AvgIpc) is 2.08. The predicted molar refractivity (Wildman–Crippen MR) is 46.9 cm³/mol. The lowest BCUT2D eigenvalue weighted by Gasteiger charge is -2.34. The Bertz CT molecular complexity index is 288. The summed E-state index contributed by atoms with van der Waals surface area (Å²) in [4.78, 5) is 11.2. The largest absolute Gasteiger partial charge is 0.436 e. The second kappa shape index (κ2) is 3.84. The van der Waals surface area contributed by atoms with Crippen molar-refractivity contribution in [1.82, 2.24) is 5.32 Å². The fourth-order valence-corrected chi connectivity index (χ4v) is 1.17. The first-order valence-electron chi connectivity index (χ1n) is 4.47. The third kappa shape index (κ3) is 2.50. The lowest BCUT2D eigenvalue weighted by atomic mass is 10.1. The molecule has 1 fully saturated rings. The van der Waals surface area contributed by atoms with Crippen LogP contribution in [0.2, 0.25) is 0 Å². The molecular weight excluding hydrogens is 211 g/mol. The maximum absolute atomic E-state index is 12.6. The van der Waals surface area contributed by atoms with E-state index < -0.39 is 17.8 Å². The maximum Gasteiger partial charge on any atom is 0.436 e. The lowest BCUT2D eigenvalue weighted by Crippen LogP contribution is -2.59. The van der Waals surface area contributed by atoms with Crippen molar-refractivity contribution in [1.29, 1.82) is 0 Å². The minimum absolute atomic E-state index is 0.0602. The van der Waals surface area contributed by atoms with Gasteiger partial charge in [0.25, 0.3) is 0 Å². The summed E-state index contributed by atoms with van der Waals surface area (Å²) >= 11 is 0. The summed E-state index contributed by atoms with van der Waals surface area (Å²) in [6, 6.07) is 0. The number of amides is 1. The normalized spacial score (nSPS) is 29.3. The van der Waals surface area contributed by atoms with Crippen LogP contribution in [0, 0.1) is 0 Å². The fraction of sp³-hybridized carbons (Fsp3) is 0.667. The Labute approximate surface area is 85.3 Å². The highest BCUT2D eigenvalue weighted by atomic mass is 19.4. The predicted octanol–water partition coefficient (Wildman–Crippen LogP) is 1.75. The molecule has 1 rings (SSSR count). The van der Waals surface area contributed by atoms with Gasteiger partial charge in [-0.25, -0.2) is 0 Å². The minimum Gasteiger partial charge on any atom is -0.348 e. The molecule has 1 aliphatic rings. The van der Waals surface area contributed by atoms with E-state index in [0.717, 1.165) is 6.92 Å². The van der Waals surface area contributed by atoms with Gasteiger partial charge in [-0.05, 0) is 19.8 Å². The van der Waals surface area contributed by atoms with Crippen molar-refractivity contribution in [2.45, 2.75) is 31.7 Å². The summed E-state index contributed by atoms with van der Waals surface area (Å²) < 4.78 is 42.4. The highest BCUT2D eigenvalue weighted by Crippen LogP contribution is 2.32. The highest BCUT2D eigenvalue weighted by molar-refractivity contribution is 5.93. The van der Waals surface area contributed by atoms with Crippen LogP contribution in [0.15, 0.2) is 12.2 Å². The molecule has 0 aromatic heterocycles. The molecule has 86 valence electrons. The monoisotopic (exact) mass is 223 g/mol. The van der Waals surface area contributed by atoms with Crippen molar-refractivity contribution in [2.24, 2.45) is 0 Å².